The number of fused-ring (bicyclic) bond motifs is 1. The number of anilines is 1. The number of para-hydroxylation sites is 2. The smallest absolute Gasteiger partial charge is 0.357 e. The van der Waals surface area contributed by atoms with Crippen molar-refractivity contribution in [1.82, 2.24) is 4.98 Å². The van der Waals surface area contributed by atoms with Crippen LogP contribution in [0, 0.1) is 5.82 Å². The summed E-state index contributed by atoms with van der Waals surface area (Å²) in [5, 5.41) is 14.0. The Morgan fingerprint density at radius 1 is 1.14 bits per heavy atom. The Kier molecular flexibility index (Phi) is 3.57. The first kappa shape index (κ1) is 13.8. The van der Waals surface area contributed by atoms with Crippen LogP contribution in [0.25, 0.3) is 10.9 Å². The van der Waals surface area contributed by atoms with Gasteiger partial charge in [0.15, 0.2) is 5.71 Å². The fourth-order valence-electron chi connectivity index (χ4n) is 2.16. The van der Waals surface area contributed by atoms with E-state index >= 15 is 0 Å². The van der Waals surface area contributed by atoms with Crippen LogP contribution in [0.5, 0.6) is 0 Å². The number of aromatic nitrogens is 1. The number of hydrazone groups is 1. The van der Waals surface area contributed by atoms with Crippen molar-refractivity contribution in [3.63, 3.8) is 0 Å². The van der Waals surface area contributed by atoms with Crippen molar-refractivity contribution in [1.29, 1.82) is 0 Å². The van der Waals surface area contributed by atoms with Crippen molar-refractivity contribution in [2.24, 2.45) is 5.10 Å². The summed E-state index contributed by atoms with van der Waals surface area (Å²) in [5.41, 5.74) is 3.62. The second-order valence-electron chi connectivity index (χ2n) is 4.61. The van der Waals surface area contributed by atoms with Gasteiger partial charge >= 0.3 is 5.97 Å². The zero-order valence-corrected chi connectivity index (χ0v) is 11.4. The summed E-state index contributed by atoms with van der Waals surface area (Å²) in [4.78, 5) is 14.5. The number of halogens is 1. The molecule has 0 amide bonds. The first-order chi connectivity index (χ1) is 10.7. The zero-order chi connectivity index (χ0) is 15.5. The van der Waals surface area contributed by atoms with Crippen LogP contribution in [0.4, 0.5) is 10.1 Å². The Bertz CT molecular complexity index is 870. The lowest BCUT2D eigenvalue weighted by Crippen LogP contribution is -2.16. The highest BCUT2D eigenvalue weighted by Crippen LogP contribution is 2.19. The van der Waals surface area contributed by atoms with E-state index in [1.165, 1.54) is 12.1 Å². The van der Waals surface area contributed by atoms with Gasteiger partial charge in [0.25, 0.3) is 0 Å². The fraction of sp³-hybridized carbons (Fsp3) is 0. The van der Waals surface area contributed by atoms with Gasteiger partial charge in [0, 0.05) is 22.7 Å². The molecule has 0 aliphatic heterocycles. The van der Waals surface area contributed by atoms with Crippen LogP contribution in [0.15, 0.2) is 59.8 Å². The molecule has 0 saturated heterocycles. The highest BCUT2D eigenvalue weighted by atomic mass is 19.1. The number of rotatable bonds is 4. The minimum absolute atomic E-state index is 0.112. The molecule has 1 heterocycles. The van der Waals surface area contributed by atoms with Crippen LogP contribution in [0.1, 0.15) is 5.56 Å². The number of hydrogen-bond acceptors (Lipinski definition) is 3. The number of nitrogens with one attached hydrogen (secondary N) is 2. The molecule has 0 unspecified atom stereocenters. The predicted molar refractivity (Wildman–Crippen MR) is 82.5 cm³/mol. The quantitative estimate of drug-likeness (QED) is 0.511. The highest BCUT2D eigenvalue weighted by molar-refractivity contribution is 6.44. The van der Waals surface area contributed by atoms with Crippen LogP contribution in [-0.4, -0.2) is 21.8 Å². The van der Waals surface area contributed by atoms with Gasteiger partial charge in [-0.15, -0.1) is 0 Å². The van der Waals surface area contributed by atoms with E-state index in [0.717, 1.165) is 10.9 Å². The van der Waals surface area contributed by atoms with Gasteiger partial charge in [-0.25, -0.2) is 9.18 Å². The van der Waals surface area contributed by atoms with Gasteiger partial charge in [-0.2, -0.15) is 5.10 Å². The molecule has 5 nitrogen and oxygen atoms in total. The molecular formula is C16H12FN3O2. The summed E-state index contributed by atoms with van der Waals surface area (Å²) in [6, 6.07) is 13.2. The van der Waals surface area contributed by atoms with E-state index in [-0.39, 0.29) is 11.4 Å². The second kappa shape index (κ2) is 5.69. The molecule has 0 atom stereocenters. The van der Waals surface area contributed by atoms with Crippen LogP contribution < -0.4 is 5.43 Å². The van der Waals surface area contributed by atoms with Gasteiger partial charge in [0.1, 0.15) is 5.82 Å². The minimum Gasteiger partial charge on any atom is -0.476 e. The molecule has 0 fully saturated rings. The molecule has 3 rings (SSSR count). The van der Waals surface area contributed by atoms with Gasteiger partial charge in [0.05, 0.1) is 5.69 Å². The second-order valence-corrected chi connectivity index (χ2v) is 4.61. The molecule has 1 aromatic heterocycles. The molecule has 2 aromatic carbocycles. The molecular weight excluding hydrogens is 285 g/mol. The van der Waals surface area contributed by atoms with E-state index in [2.05, 4.69) is 15.5 Å². The molecule has 6 heteroatoms. The maximum absolute atomic E-state index is 13.6. The third-order valence-corrected chi connectivity index (χ3v) is 3.21. The lowest BCUT2D eigenvalue weighted by atomic mass is 10.1. The Labute approximate surface area is 125 Å². The van der Waals surface area contributed by atoms with Gasteiger partial charge in [-0.3, -0.25) is 5.43 Å². The van der Waals surface area contributed by atoms with E-state index in [1.54, 1.807) is 24.4 Å². The van der Waals surface area contributed by atoms with Crippen molar-refractivity contribution in [3.05, 3.63) is 66.1 Å². The van der Waals surface area contributed by atoms with E-state index in [1.807, 2.05) is 18.2 Å². The lowest BCUT2D eigenvalue weighted by molar-refractivity contribution is -0.129. The molecule has 3 aromatic rings. The summed E-state index contributed by atoms with van der Waals surface area (Å²) >= 11 is 0. The molecule has 0 bridgehead atoms. The Morgan fingerprint density at radius 3 is 2.64 bits per heavy atom. The first-order valence-electron chi connectivity index (χ1n) is 6.55. The number of aromatic amines is 1. The topological polar surface area (TPSA) is 77.5 Å². The van der Waals surface area contributed by atoms with E-state index in [0.29, 0.717) is 5.56 Å². The Balaban J connectivity index is 2.02. The molecule has 0 aliphatic rings. The number of nitrogens with zero attached hydrogens (tertiary/aromatic N) is 1. The normalized spacial score (nSPS) is 11.6. The molecule has 0 spiro atoms. The van der Waals surface area contributed by atoms with E-state index in [4.69, 9.17) is 0 Å². The van der Waals surface area contributed by atoms with Gasteiger partial charge < -0.3 is 10.1 Å². The van der Waals surface area contributed by atoms with Crippen LogP contribution >= 0.6 is 0 Å². The zero-order valence-electron chi connectivity index (χ0n) is 11.4. The average Bonchev–Trinajstić information content (AvgIpc) is 2.93. The van der Waals surface area contributed by atoms with Gasteiger partial charge in [-0.1, -0.05) is 30.3 Å². The van der Waals surface area contributed by atoms with Crippen molar-refractivity contribution in [3.8, 4) is 0 Å². The number of H-pyrrole nitrogens is 1. The molecule has 110 valence electrons. The number of carbonyl (C=O) groups is 1. The van der Waals surface area contributed by atoms with Crippen LogP contribution in [0.2, 0.25) is 0 Å². The maximum atomic E-state index is 13.6. The van der Waals surface area contributed by atoms with Crippen LogP contribution in [-0.2, 0) is 4.79 Å². The Morgan fingerprint density at radius 2 is 1.86 bits per heavy atom. The lowest BCUT2D eigenvalue weighted by Gasteiger charge is -2.04. The fourth-order valence-corrected chi connectivity index (χ4v) is 2.16. The molecule has 0 radical (unpaired) electrons. The van der Waals surface area contributed by atoms with Crippen molar-refractivity contribution >= 4 is 28.3 Å². The summed E-state index contributed by atoms with van der Waals surface area (Å²) < 4.78 is 13.6. The summed E-state index contributed by atoms with van der Waals surface area (Å²) in [7, 11) is 0. The summed E-state index contributed by atoms with van der Waals surface area (Å²) in [6.07, 6.45) is 1.57. The van der Waals surface area contributed by atoms with Crippen molar-refractivity contribution in [2.45, 2.75) is 0 Å². The standard InChI is InChI=1S/C16H12FN3O2/c17-12-6-2-4-8-14(12)19-20-15(16(21)22)11-9-18-13-7-3-1-5-10(11)13/h1-9,18-19H,(H,21,22)/b20-15-. The minimum atomic E-state index is -1.20. The summed E-state index contributed by atoms with van der Waals surface area (Å²) in [5.74, 6) is -1.71. The monoisotopic (exact) mass is 297 g/mol. The predicted octanol–water partition coefficient (Wildman–Crippen LogP) is 3.21. The van der Waals surface area contributed by atoms with Gasteiger partial charge in [-0.05, 0) is 18.2 Å². The van der Waals surface area contributed by atoms with E-state index in [9.17, 15) is 14.3 Å². The number of carboxylic acids is 1. The van der Waals surface area contributed by atoms with Crippen molar-refractivity contribution in [2.75, 3.05) is 5.43 Å². The highest BCUT2D eigenvalue weighted by Gasteiger charge is 2.17. The third kappa shape index (κ3) is 2.54. The molecule has 0 aliphatic carbocycles. The number of aliphatic carboxylic acids is 1. The SMILES string of the molecule is O=C(O)/C(=N\Nc1ccccc1F)c1c[nH]c2ccccc12. The molecule has 0 saturated carbocycles. The summed E-state index contributed by atoms with van der Waals surface area (Å²) in [6.45, 7) is 0. The van der Waals surface area contributed by atoms with E-state index < -0.39 is 11.8 Å². The third-order valence-electron chi connectivity index (χ3n) is 3.21. The average molecular weight is 297 g/mol. The number of carboxylic acid groups (broad SMARTS) is 1. The molecule has 3 N–H and O–H groups in total. The largest absolute Gasteiger partial charge is 0.476 e. The molecule has 22 heavy (non-hydrogen) atoms. The number of hydrogen-bond donors (Lipinski definition) is 3. The van der Waals surface area contributed by atoms with Gasteiger partial charge in [0.2, 0.25) is 0 Å². The van der Waals surface area contributed by atoms with Crippen LogP contribution in [0.3, 0.4) is 0 Å². The van der Waals surface area contributed by atoms with Crippen molar-refractivity contribution < 1.29 is 14.3 Å². The maximum Gasteiger partial charge on any atom is 0.357 e. The number of benzene rings is 2. The Hall–Kier alpha value is -3.15. The first-order valence-corrected chi connectivity index (χ1v) is 6.55.